The molecule has 0 saturated carbocycles. The maximum Gasteiger partial charge on any atom is 0.414 e. The molecule has 0 fully saturated rings. The third-order valence-electron chi connectivity index (χ3n) is 1.32. The van der Waals surface area contributed by atoms with Gasteiger partial charge in [-0.15, -0.1) is 0 Å². The molecule has 0 spiro atoms. The first kappa shape index (κ1) is 11.1. The van der Waals surface area contributed by atoms with E-state index >= 15 is 0 Å². The van der Waals surface area contributed by atoms with Crippen LogP contribution in [0.2, 0.25) is 0 Å². The van der Waals surface area contributed by atoms with Crippen molar-refractivity contribution in [2.75, 3.05) is 5.75 Å². The number of rotatable bonds is 4. The highest BCUT2D eigenvalue weighted by Crippen LogP contribution is 2.16. The van der Waals surface area contributed by atoms with Gasteiger partial charge in [0, 0.05) is 11.2 Å². The van der Waals surface area contributed by atoms with E-state index in [0.717, 1.165) is 0 Å². The minimum absolute atomic E-state index is 0.0860. The predicted octanol–water partition coefficient (Wildman–Crippen LogP) is 2.25. The highest BCUT2D eigenvalue weighted by atomic mass is 32.2. The Labute approximate surface area is 80.8 Å². The molecule has 1 atom stereocenters. The van der Waals surface area contributed by atoms with Crippen LogP contribution >= 0.6 is 0 Å². The Hall–Kier alpha value is -0.950. The van der Waals surface area contributed by atoms with Gasteiger partial charge in [-0.2, -0.15) is 13.8 Å². The molecule has 0 aromatic carbocycles. The molecule has 0 radical (unpaired) electrons. The van der Waals surface area contributed by atoms with E-state index in [-0.39, 0.29) is 11.0 Å². The van der Waals surface area contributed by atoms with Crippen molar-refractivity contribution in [3.05, 3.63) is 24.4 Å². The van der Waals surface area contributed by atoms with Crippen LogP contribution in [-0.4, -0.2) is 15.3 Å². The lowest BCUT2D eigenvalue weighted by Gasteiger charge is -2.03. The molecule has 1 unspecified atom stereocenters. The largest absolute Gasteiger partial charge is 0.608 e. The van der Waals surface area contributed by atoms with Gasteiger partial charge >= 0.3 is 11.3 Å². The van der Waals surface area contributed by atoms with Crippen LogP contribution in [0.3, 0.4) is 0 Å². The number of hydrogen-bond donors (Lipinski definition) is 0. The van der Waals surface area contributed by atoms with Crippen molar-refractivity contribution in [2.24, 2.45) is 0 Å². The maximum atomic E-state index is 12.3. The number of nitrogens with zero attached hydrogens (tertiary/aromatic N) is 1. The van der Waals surface area contributed by atoms with Crippen LogP contribution in [0, 0.1) is 0 Å². The average molecular weight is 225 g/mol. The third kappa shape index (κ3) is 3.08. The molecule has 1 heterocycles. The van der Waals surface area contributed by atoms with Gasteiger partial charge in [0.05, 0.1) is 12.6 Å². The lowest BCUT2D eigenvalue weighted by atomic mass is 10.4. The van der Waals surface area contributed by atoms with Crippen LogP contribution in [-0.2, 0) is 11.2 Å². The Morgan fingerprint density at radius 1 is 1.50 bits per heavy atom. The zero-order valence-electron chi connectivity index (χ0n) is 6.87. The van der Waals surface area contributed by atoms with Gasteiger partial charge in [0.15, 0.2) is 5.83 Å². The van der Waals surface area contributed by atoms with Crippen LogP contribution < -0.4 is 0 Å². The molecule has 78 valence electrons. The third-order valence-corrected chi connectivity index (χ3v) is 2.48. The summed E-state index contributed by atoms with van der Waals surface area (Å²) in [6.45, 7) is 0. The van der Waals surface area contributed by atoms with E-state index in [9.17, 15) is 17.7 Å². The molecule has 0 aliphatic heterocycles. The molecule has 1 rings (SSSR count). The van der Waals surface area contributed by atoms with Crippen molar-refractivity contribution in [3.8, 4) is 0 Å². The molecule has 1 aromatic rings. The summed E-state index contributed by atoms with van der Waals surface area (Å²) in [5.74, 6) is -1.83. The first-order valence-electron chi connectivity index (χ1n) is 3.58. The lowest BCUT2D eigenvalue weighted by molar-refractivity contribution is 0.372. The second-order valence-electron chi connectivity index (χ2n) is 2.26. The fourth-order valence-electron chi connectivity index (χ4n) is 0.687. The maximum absolute atomic E-state index is 12.3. The highest BCUT2D eigenvalue weighted by Gasteiger charge is 2.18. The van der Waals surface area contributed by atoms with Crippen LogP contribution in [0.4, 0.5) is 13.2 Å². The van der Waals surface area contributed by atoms with Crippen molar-refractivity contribution in [1.29, 1.82) is 0 Å². The molecule has 1 aromatic heterocycles. The lowest BCUT2D eigenvalue weighted by Crippen LogP contribution is -2.07. The summed E-state index contributed by atoms with van der Waals surface area (Å²) in [4.78, 5) is 3.55. The summed E-state index contributed by atoms with van der Waals surface area (Å²) in [5, 5.41) is -0.0860. The molecular formula is C7H6F3NO2S. The molecule has 0 saturated heterocycles. The first-order chi connectivity index (χ1) is 6.61. The summed E-state index contributed by atoms with van der Waals surface area (Å²) >= 11 is -1.67. The number of aromatic nitrogens is 1. The van der Waals surface area contributed by atoms with E-state index in [0.29, 0.717) is 0 Å². The molecule has 0 bridgehead atoms. The Balaban J connectivity index is 2.43. The van der Waals surface area contributed by atoms with E-state index < -0.39 is 29.5 Å². The van der Waals surface area contributed by atoms with E-state index in [4.69, 9.17) is 0 Å². The summed E-state index contributed by atoms with van der Waals surface area (Å²) in [6.07, 6.45) is -0.490. The fourth-order valence-corrected chi connectivity index (χ4v) is 1.57. The molecule has 0 aliphatic carbocycles. The van der Waals surface area contributed by atoms with Gasteiger partial charge in [0.2, 0.25) is 0 Å². The second-order valence-corrected chi connectivity index (χ2v) is 3.71. The number of hydrogen-bond acceptors (Lipinski definition) is 3. The van der Waals surface area contributed by atoms with Crippen LogP contribution in [0.15, 0.2) is 34.0 Å². The van der Waals surface area contributed by atoms with Gasteiger partial charge < -0.3 is 8.97 Å². The van der Waals surface area contributed by atoms with E-state index in [2.05, 4.69) is 9.40 Å². The summed E-state index contributed by atoms with van der Waals surface area (Å²) in [7, 11) is 0. The smallest absolute Gasteiger partial charge is 0.414 e. The monoisotopic (exact) mass is 225 g/mol. The van der Waals surface area contributed by atoms with Crippen molar-refractivity contribution in [3.63, 3.8) is 0 Å². The SMILES string of the molecule is [O-][S+](CCC(F)=C(F)F)c1ncco1. The van der Waals surface area contributed by atoms with Crippen molar-refractivity contribution >= 4 is 11.2 Å². The normalized spacial score (nSPS) is 12.6. The Morgan fingerprint density at radius 2 is 2.21 bits per heavy atom. The molecular weight excluding hydrogens is 219 g/mol. The Kier molecular flexibility index (Phi) is 4.02. The predicted molar refractivity (Wildman–Crippen MR) is 42.7 cm³/mol. The second kappa shape index (κ2) is 5.06. The van der Waals surface area contributed by atoms with Crippen LogP contribution in [0.1, 0.15) is 6.42 Å². The summed E-state index contributed by atoms with van der Waals surface area (Å²) in [6, 6.07) is 0. The highest BCUT2D eigenvalue weighted by molar-refractivity contribution is 7.91. The standard InChI is InChI=1S/C7H6F3NO2S/c8-5(6(9)10)1-4-14(12)7-11-2-3-13-7/h2-3H,1,4H2. The van der Waals surface area contributed by atoms with E-state index in [1.54, 1.807) is 0 Å². The van der Waals surface area contributed by atoms with E-state index in [1.807, 2.05) is 0 Å². The summed E-state index contributed by atoms with van der Waals surface area (Å²) < 4.78 is 51.3. The van der Waals surface area contributed by atoms with Crippen LogP contribution in [0.25, 0.3) is 0 Å². The average Bonchev–Trinajstić information content (AvgIpc) is 2.66. The van der Waals surface area contributed by atoms with Crippen molar-refractivity contribution in [2.45, 2.75) is 11.6 Å². The quantitative estimate of drug-likeness (QED) is 0.738. The molecule has 0 N–H and O–H groups in total. The number of allylic oxidation sites excluding steroid dienone is 1. The Morgan fingerprint density at radius 3 is 2.71 bits per heavy atom. The van der Waals surface area contributed by atoms with Gasteiger partial charge in [-0.05, 0) is 0 Å². The number of oxazole rings is 1. The Bertz CT molecular complexity index is 311. The minimum Gasteiger partial charge on any atom is -0.608 e. The van der Waals surface area contributed by atoms with Gasteiger partial charge in [0.1, 0.15) is 12.0 Å². The number of halogens is 3. The van der Waals surface area contributed by atoms with Crippen LogP contribution in [0.5, 0.6) is 0 Å². The zero-order chi connectivity index (χ0) is 10.6. The van der Waals surface area contributed by atoms with Gasteiger partial charge in [-0.1, -0.05) is 0 Å². The van der Waals surface area contributed by atoms with Gasteiger partial charge in [0.25, 0.3) is 0 Å². The van der Waals surface area contributed by atoms with Gasteiger partial charge in [-0.3, -0.25) is 0 Å². The first-order valence-corrected chi connectivity index (χ1v) is 4.90. The molecule has 0 amide bonds. The zero-order valence-corrected chi connectivity index (χ0v) is 7.69. The molecule has 0 aliphatic rings. The van der Waals surface area contributed by atoms with Crippen molar-refractivity contribution < 1.29 is 22.1 Å². The topological polar surface area (TPSA) is 49.1 Å². The molecule has 7 heteroatoms. The summed E-state index contributed by atoms with van der Waals surface area (Å²) in [5.41, 5.74) is 0. The fraction of sp³-hybridized carbons (Fsp3) is 0.286. The molecule has 3 nitrogen and oxygen atoms in total. The van der Waals surface area contributed by atoms with Crippen molar-refractivity contribution in [1.82, 2.24) is 4.98 Å². The minimum atomic E-state index is -2.38. The van der Waals surface area contributed by atoms with Gasteiger partial charge in [-0.25, -0.2) is 4.39 Å². The molecule has 14 heavy (non-hydrogen) atoms. The van der Waals surface area contributed by atoms with E-state index in [1.165, 1.54) is 12.5 Å².